The molecule has 1 unspecified atom stereocenters. The van der Waals surface area contributed by atoms with Gasteiger partial charge < -0.3 is 20.7 Å². The van der Waals surface area contributed by atoms with Crippen LogP contribution >= 0.6 is 0 Å². The first kappa shape index (κ1) is 10.5. The van der Waals surface area contributed by atoms with Gasteiger partial charge in [-0.1, -0.05) is 0 Å². The number of H-pyrrole nitrogens is 1. The lowest BCUT2D eigenvalue weighted by atomic mass is 10.3. The number of rotatable bonds is 3. The van der Waals surface area contributed by atoms with Gasteiger partial charge in [-0.2, -0.15) is 0 Å². The smallest absolute Gasteiger partial charge is 0.276 e. The molecule has 0 saturated carbocycles. The summed E-state index contributed by atoms with van der Waals surface area (Å²) in [5.41, 5.74) is 5.24. The molecule has 1 heterocycles. The number of nitrogen functional groups attached to an aromatic ring is 1. The first-order chi connectivity index (χ1) is 6.57. The van der Waals surface area contributed by atoms with Crippen LogP contribution in [0.3, 0.4) is 0 Å². The maximum Gasteiger partial charge on any atom is 0.276 e. The highest BCUT2D eigenvalue weighted by Gasteiger charge is 2.14. The third-order valence-electron chi connectivity index (χ3n) is 2.13. The molecule has 1 atom stereocenters. The van der Waals surface area contributed by atoms with Gasteiger partial charge in [-0.15, -0.1) is 0 Å². The summed E-state index contributed by atoms with van der Waals surface area (Å²) in [6, 6.07) is -0.133. The van der Waals surface area contributed by atoms with Crippen LogP contribution < -0.4 is 16.2 Å². The Labute approximate surface area is 81.4 Å². The molecule has 0 fully saturated rings. The highest BCUT2D eigenvalue weighted by atomic mass is 16.3. The number of hydrogen-bond donors (Lipinski definition) is 3. The van der Waals surface area contributed by atoms with Crippen LogP contribution in [0.15, 0.2) is 11.1 Å². The molecule has 1 rings (SSSR count). The minimum absolute atomic E-state index is 0.0234. The molecule has 6 nitrogen and oxygen atoms in total. The Morgan fingerprint density at radius 3 is 3.00 bits per heavy atom. The zero-order valence-corrected chi connectivity index (χ0v) is 8.19. The molecule has 6 heteroatoms. The summed E-state index contributed by atoms with van der Waals surface area (Å²) in [5, 5.41) is 8.93. The van der Waals surface area contributed by atoms with Gasteiger partial charge in [0.15, 0.2) is 5.82 Å². The fourth-order valence-corrected chi connectivity index (χ4v) is 1.01. The van der Waals surface area contributed by atoms with Crippen molar-refractivity contribution in [1.82, 2.24) is 9.97 Å². The SMILES string of the molecule is CC(CO)N(C)c1nc[nH]c(=O)c1N. The molecule has 0 radical (unpaired) electrons. The van der Waals surface area contributed by atoms with Crippen molar-refractivity contribution in [3.05, 3.63) is 16.7 Å². The van der Waals surface area contributed by atoms with Crippen molar-refractivity contribution in [2.75, 3.05) is 24.3 Å². The van der Waals surface area contributed by atoms with E-state index >= 15 is 0 Å². The van der Waals surface area contributed by atoms with Crippen molar-refractivity contribution < 1.29 is 5.11 Å². The van der Waals surface area contributed by atoms with Crippen LogP contribution in [0.25, 0.3) is 0 Å². The second-order valence-electron chi connectivity index (χ2n) is 3.11. The zero-order valence-electron chi connectivity index (χ0n) is 8.19. The molecular weight excluding hydrogens is 184 g/mol. The predicted octanol–water partition coefficient (Wildman–Crippen LogP) is -0.831. The van der Waals surface area contributed by atoms with E-state index in [2.05, 4.69) is 9.97 Å². The Kier molecular flexibility index (Phi) is 3.08. The number of hydrogen-bond acceptors (Lipinski definition) is 5. The minimum Gasteiger partial charge on any atom is -0.394 e. The Hall–Kier alpha value is -1.56. The number of aliphatic hydroxyl groups excluding tert-OH is 1. The number of likely N-dealkylation sites (N-methyl/N-ethyl adjacent to an activating group) is 1. The summed E-state index contributed by atoms with van der Waals surface area (Å²) in [4.78, 5) is 19.1. The zero-order chi connectivity index (χ0) is 10.7. The predicted molar refractivity (Wildman–Crippen MR) is 54.2 cm³/mol. The molecule has 0 amide bonds. The average molecular weight is 198 g/mol. The first-order valence-corrected chi connectivity index (χ1v) is 4.24. The number of aromatic amines is 1. The second-order valence-corrected chi connectivity index (χ2v) is 3.11. The number of nitrogens with one attached hydrogen (secondary N) is 1. The Morgan fingerprint density at radius 1 is 1.79 bits per heavy atom. The normalized spacial score (nSPS) is 12.5. The Balaban J connectivity index is 3.07. The van der Waals surface area contributed by atoms with Crippen molar-refractivity contribution >= 4 is 11.5 Å². The molecule has 14 heavy (non-hydrogen) atoms. The van der Waals surface area contributed by atoms with E-state index in [0.717, 1.165) is 0 Å². The first-order valence-electron chi connectivity index (χ1n) is 4.24. The molecule has 4 N–H and O–H groups in total. The van der Waals surface area contributed by atoms with Gasteiger partial charge in [0.1, 0.15) is 5.69 Å². The molecule has 0 aromatic carbocycles. The summed E-state index contributed by atoms with van der Waals surface area (Å²) < 4.78 is 0. The lowest BCUT2D eigenvalue weighted by molar-refractivity contribution is 0.270. The van der Waals surface area contributed by atoms with Crippen molar-refractivity contribution in [3.8, 4) is 0 Å². The second kappa shape index (κ2) is 4.10. The molecule has 0 aliphatic carbocycles. The maximum absolute atomic E-state index is 11.1. The van der Waals surface area contributed by atoms with Crippen LogP contribution in [0, 0.1) is 0 Å². The molecule has 0 aliphatic heterocycles. The third kappa shape index (κ3) is 1.85. The maximum atomic E-state index is 11.1. The van der Waals surface area contributed by atoms with E-state index in [1.165, 1.54) is 6.33 Å². The van der Waals surface area contributed by atoms with Gasteiger partial charge in [-0.3, -0.25) is 4.79 Å². The van der Waals surface area contributed by atoms with Crippen molar-refractivity contribution in [3.63, 3.8) is 0 Å². The molecule has 0 spiro atoms. The number of nitrogens with two attached hydrogens (primary N) is 1. The third-order valence-corrected chi connectivity index (χ3v) is 2.13. The van der Waals surface area contributed by atoms with E-state index in [1.807, 2.05) is 6.92 Å². The molecule has 78 valence electrons. The number of aromatic nitrogens is 2. The monoisotopic (exact) mass is 198 g/mol. The summed E-state index contributed by atoms with van der Waals surface area (Å²) in [7, 11) is 1.72. The van der Waals surface area contributed by atoms with Crippen LogP contribution in [0.2, 0.25) is 0 Å². The fraction of sp³-hybridized carbons (Fsp3) is 0.500. The number of aliphatic hydroxyl groups is 1. The van der Waals surface area contributed by atoms with Gasteiger partial charge in [0.2, 0.25) is 0 Å². The van der Waals surface area contributed by atoms with E-state index in [-0.39, 0.29) is 23.9 Å². The van der Waals surface area contributed by atoms with Crippen LogP contribution in [0.4, 0.5) is 11.5 Å². The molecular formula is C8H14N4O2. The van der Waals surface area contributed by atoms with E-state index in [1.54, 1.807) is 11.9 Å². The van der Waals surface area contributed by atoms with E-state index in [9.17, 15) is 4.79 Å². The highest BCUT2D eigenvalue weighted by Crippen LogP contribution is 2.15. The fourth-order valence-electron chi connectivity index (χ4n) is 1.01. The summed E-state index contributed by atoms with van der Waals surface area (Å²) in [6.07, 6.45) is 1.29. The van der Waals surface area contributed by atoms with Gasteiger partial charge in [0.25, 0.3) is 5.56 Å². The van der Waals surface area contributed by atoms with Crippen LogP contribution in [0.1, 0.15) is 6.92 Å². The van der Waals surface area contributed by atoms with Gasteiger partial charge in [-0.25, -0.2) is 4.98 Å². The Bertz CT molecular complexity index is 363. The van der Waals surface area contributed by atoms with Crippen LogP contribution in [0.5, 0.6) is 0 Å². The highest BCUT2D eigenvalue weighted by molar-refractivity contribution is 5.60. The van der Waals surface area contributed by atoms with Crippen molar-refractivity contribution in [1.29, 1.82) is 0 Å². The summed E-state index contributed by atoms with van der Waals surface area (Å²) in [5.74, 6) is 0.385. The lowest BCUT2D eigenvalue weighted by Crippen LogP contribution is -2.34. The van der Waals surface area contributed by atoms with Gasteiger partial charge in [-0.05, 0) is 6.92 Å². The topological polar surface area (TPSA) is 95.2 Å². The van der Waals surface area contributed by atoms with Crippen LogP contribution in [-0.4, -0.2) is 34.8 Å². The molecule has 0 bridgehead atoms. The van der Waals surface area contributed by atoms with E-state index < -0.39 is 0 Å². The van der Waals surface area contributed by atoms with Gasteiger partial charge >= 0.3 is 0 Å². The summed E-state index contributed by atoms with van der Waals surface area (Å²) >= 11 is 0. The number of nitrogens with zero attached hydrogens (tertiary/aromatic N) is 2. The van der Waals surface area contributed by atoms with Crippen molar-refractivity contribution in [2.24, 2.45) is 0 Å². The average Bonchev–Trinajstić information content (AvgIpc) is 2.20. The van der Waals surface area contributed by atoms with Gasteiger partial charge in [0, 0.05) is 7.05 Å². The standard InChI is InChI=1S/C8H14N4O2/c1-5(3-13)12(2)7-6(9)8(14)11-4-10-7/h4-5,13H,3,9H2,1-2H3,(H,10,11,14). The largest absolute Gasteiger partial charge is 0.394 e. The lowest BCUT2D eigenvalue weighted by Gasteiger charge is -2.24. The van der Waals surface area contributed by atoms with Gasteiger partial charge in [0.05, 0.1) is 19.0 Å². The quantitative estimate of drug-likeness (QED) is 0.589. The van der Waals surface area contributed by atoms with E-state index in [4.69, 9.17) is 10.8 Å². The molecule has 1 aromatic rings. The van der Waals surface area contributed by atoms with Crippen molar-refractivity contribution in [2.45, 2.75) is 13.0 Å². The van der Waals surface area contributed by atoms with Crippen LogP contribution in [-0.2, 0) is 0 Å². The molecule has 0 saturated heterocycles. The molecule has 1 aromatic heterocycles. The minimum atomic E-state index is -0.369. The molecule has 0 aliphatic rings. The summed E-state index contributed by atoms with van der Waals surface area (Å²) in [6.45, 7) is 1.78. The van der Waals surface area contributed by atoms with E-state index in [0.29, 0.717) is 5.82 Å². The Morgan fingerprint density at radius 2 is 2.43 bits per heavy atom. The number of anilines is 2.